The Morgan fingerprint density at radius 3 is 1.73 bits per heavy atom. The Bertz CT molecular complexity index is 137. The first kappa shape index (κ1) is 17.5. The molecule has 0 aromatic rings. The first-order chi connectivity index (χ1) is 6.64. The molecule has 15 heavy (non-hydrogen) atoms. The summed E-state index contributed by atoms with van der Waals surface area (Å²) >= 11 is 0. The highest BCUT2D eigenvalue weighted by Crippen LogP contribution is 2.03. The minimum Gasteiger partial charge on any atom is -0.310 e. The van der Waals surface area contributed by atoms with E-state index in [-0.39, 0.29) is 17.0 Å². The molecule has 94 valence electrons. The van der Waals surface area contributed by atoms with Gasteiger partial charge in [0.15, 0.2) is 0 Å². The maximum Gasteiger partial charge on any atom is 0.136 e. The number of nitrogens with two attached hydrogens (primary N) is 1. The van der Waals surface area contributed by atoms with Crippen LogP contribution < -0.4 is 21.7 Å². The summed E-state index contributed by atoms with van der Waals surface area (Å²) in [6.45, 7) is 11.0. The van der Waals surface area contributed by atoms with E-state index < -0.39 is 5.79 Å². The Morgan fingerprint density at radius 1 is 1.00 bits per heavy atom. The molecule has 4 nitrogen and oxygen atoms in total. The van der Waals surface area contributed by atoms with Crippen molar-refractivity contribution in [1.82, 2.24) is 16.0 Å². The van der Waals surface area contributed by atoms with Crippen LogP contribution in [0.1, 0.15) is 34.1 Å². The molecule has 5 N–H and O–H groups in total. The van der Waals surface area contributed by atoms with Gasteiger partial charge in [-0.25, -0.2) is 0 Å². The highest BCUT2D eigenvalue weighted by Gasteiger charge is 2.31. The van der Waals surface area contributed by atoms with Gasteiger partial charge in [0.2, 0.25) is 0 Å². The standard InChI is InChI=1S/C10H26N4.H4Si/c1-5-9(12-6-2)10(11,13-7-3)14-8-4;/h9,12-14H,5-8,11H2,1-4H3;1H4. The van der Waals surface area contributed by atoms with Crippen LogP contribution in [-0.4, -0.2) is 42.4 Å². The highest BCUT2D eigenvalue weighted by atomic mass is 28.1. The highest BCUT2D eigenvalue weighted by molar-refractivity contribution is 5.75. The summed E-state index contributed by atoms with van der Waals surface area (Å²) in [4.78, 5) is 0. The van der Waals surface area contributed by atoms with Crippen LogP contribution in [0, 0.1) is 0 Å². The molecule has 5 heteroatoms. The third-order valence-electron chi connectivity index (χ3n) is 2.35. The van der Waals surface area contributed by atoms with Crippen LogP contribution >= 0.6 is 0 Å². The fourth-order valence-electron chi connectivity index (χ4n) is 1.77. The van der Waals surface area contributed by atoms with E-state index in [0.717, 1.165) is 26.1 Å². The third-order valence-corrected chi connectivity index (χ3v) is 2.35. The van der Waals surface area contributed by atoms with Gasteiger partial charge in [0.05, 0.1) is 6.04 Å². The van der Waals surface area contributed by atoms with Gasteiger partial charge >= 0.3 is 0 Å². The van der Waals surface area contributed by atoms with Gasteiger partial charge < -0.3 is 5.32 Å². The van der Waals surface area contributed by atoms with Crippen molar-refractivity contribution >= 4 is 11.0 Å². The van der Waals surface area contributed by atoms with Gasteiger partial charge in [-0.2, -0.15) is 0 Å². The fraction of sp³-hybridized carbons (Fsp3) is 1.00. The Kier molecular flexibility index (Phi) is 10.8. The van der Waals surface area contributed by atoms with E-state index in [9.17, 15) is 0 Å². The molecule has 1 atom stereocenters. The number of hydrogen-bond acceptors (Lipinski definition) is 4. The second-order valence-corrected chi connectivity index (χ2v) is 3.45. The van der Waals surface area contributed by atoms with Crippen molar-refractivity contribution in [3.63, 3.8) is 0 Å². The lowest BCUT2D eigenvalue weighted by atomic mass is 10.1. The maximum absolute atomic E-state index is 6.28. The Labute approximate surface area is 98.8 Å². The lowest BCUT2D eigenvalue weighted by Gasteiger charge is -2.38. The van der Waals surface area contributed by atoms with Crippen molar-refractivity contribution in [2.45, 2.75) is 45.9 Å². The van der Waals surface area contributed by atoms with Crippen molar-refractivity contribution in [1.29, 1.82) is 0 Å². The molecule has 0 aliphatic heterocycles. The number of likely N-dealkylation sites (N-methyl/N-ethyl adjacent to an activating group) is 3. The minimum atomic E-state index is -0.492. The number of rotatable bonds is 8. The first-order valence-corrected chi connectivity index (χ1v) is 5.66. The zero-order chi connectivity index (χ0) is 11.0. The van der Waals surface area contributed by atoms with Gasteiger partial charge in [0.1, 0.15) is 5.79 Å². The van der Waals surface area contributed by atoms with Crippen LogP contribution in [0.4, 0.5) is 0 Å². The third kappa shape index (κ3) is 5.63. The lowest BCUT2D eigenvalue weighted by Crippen LogP contribution is -2.73. The summed E-state index contributed by atoms with van der Waals surface area (Å²) in [6.07, 6.45) is 1.00. The van der Waals surface area contributed by atoms with Crippen LogP contribution in [-0.2, 0) is 0 Å². The average molecular weight is 234 g/mol. The topological polar surface area (TPSA) is 62.1 Å². The van der Waals surface area contributed by atoms with Gasteiger partial charge in [-0.1, -0.05) is 27.7 Å². The number of nitrogens with one attached hydrogen (secondary N) is 3. The zero-order valence-electron chi connectivity index (χ0n) is 9.98. The maximum atomic E-state index is 6.28. The van der Waals surface area contributed by atoms with Crippen LogP contribution in [0.3, 0.4) is 0 Å². The molecule has 1 unspecified atom stereocenters. The quantitative estimate of drug-likeness (QED) is 0.313. The monoisotopic (exact) mass is 234 g/mol. The molecule has 0 aliphatic carbocycles. The normalized spacial score (nSPS) is 13.4. The summed E-state index contributed by atoms with van der Waals surface area (Å²) < 4.78 is 0. The first-order valence-electron chi connectivity index (χ1n) is 5.66. The fourth-order valence-corrected chi connectivity index (χ4v) is 1.77. The molecule has 0 fully saturated rings. The van der Waals surface area contributed by atoms with E-state index in [2.05, 4.69) is 43.6 Å². The summed E-state index contributed by atoms with van der Waals surface area (Å²) in [5.74, 6) is -0.492. The van der Waals surface area contributed by atoms with E-state index in [1.165, 1.54) is 0 Å². The Balaban J connectivity index is 0. The molecular formula is C10H30N4Si. The second-order valence-electron chi connectivity index (χ2n) is 3.45. The van der Waals surface area contributed by atoms with Crippen molar-refractivity contribution in [3.8, 4) is 0 Å². The molecule has 0 spiro atoms. The van der Waals surface area contributed by atoms with Crippen molar-refractivity contribution in [2.75, 3.05) is 19.6 Å². The molecule has 0 radical (unpaired) electrons. The molecular weight excluding hydrogens is 204 g/mol. The molecule has 0 aliphatic rings. The lowest BCUT2D eigenvalue weighted by molar-refractivity contribution is 0.190. The molecule has 0 aromatic heterocycles. The van der Waals surface area contributed by atoms with E-state index >= 15 is 0 Å². The van der Waals surface area contributed by atoms with Gasteiger partial charge in [0.25, 0.3) is 0 Å². The summed E-state index contributed by atoms with van der Waals surface area (Å²) in [5, 5.41) is 9.99. The van der Waals surface area contributed by atoms with Gasteiger partial charge in [-0.3, -0.25) is 16.4 Å². The minimum absolute atomic E-state index is 0. The predicted molar refractivity (Wildman–Crippen MR) is 73.4 cm³/mol. The van der Waals surface area contributed by atoms with Crippen molar-refractivity contribution in [3.05, 3.63) is 0 Å². The summed E-state index contributed by atoms with van der Waals surface area (Å²) in [7, 11) is 0. The molecule has 0 rings (SSSR count). The van der Waals surface area contributed by atoms with E-state index in [1.807, 2.05) is 0 Å². The van der Waals surface area contributed by atoms with Crippen LogP contribution in [0.25, 0.3) is 0 Å². The molecule has 0 heterocycles. The molecule has 0 saturated heterocycles. The smallest absolute Gasteiger partial charge is 0.136 e. The van der Waals surface area contributed by atoms with Crippen molar-refractivity contribution in [2.24, 2.45) is 5.73 Å². The molecule has 0 amide bonds. The number of hydrogen-bond donors (Lipinski definition) is 4. The van der Waals surface area contributed by atoms with Gasteiger partial charge in [-0.15, -0.1) is 0 Å². The molecule has 0 aromatic carbocycles. The average Bonchev–Trinajstić information content (AvgIpc) is 2.14. The van der Waals surface area contributed by atoms with Crippen LogP contribution in [0.15, 0.2) is 0 Å². The predicted octanol–water partition coefficient (Wildman–Crippen LogP) is -1.25. The van der Waals surface area contributed by atoms with E-state index in [4.69, 9.17) is 5.73 Å². The van der Waals surface area contributed by atoms with Gasteiger partial charge in [0, 0.05) is 0 Å². The van der Waals surface area contributed by atoms with Gasteiger partial charge in [-0.05, 0) is 37.0 Å². The summed E-state index contributed by atoms with van der Waals surface area (Å²) in [6, 6.07) is 0.257. The van der Waals surface area contributed by atoms with Crippen molar-refractivity contribution < 1.29 is 0 Å². The van der Waals surface area contributed by atoms with Crippen LogP contribution in [0.2, 0.25) is 0 Å². The van der Waals surface area contributed by atoms with E-state index in [0.29, 0.717) is 0 Å². The Morgan fingerprint density at radius 2 is 1.47 bits per heavy atom. The molecule has 0 saturated carbocycles. The second kappa shape index (κ2) is 9.29. The zero-order valence-corrected chi connectivity index (χ0v) is 9.98. The Hall–Kier alpha value is 0.0569. The van der Waals surface area contributed by atoms with E-state index in [1.54, 1.807) is 0 Å². The molecule has 0 bridgehead atoms. The SMILES string of the molecule is CCNC(CC)C(N)(NCC)NCC.[SiH4]. The summed E-state index contributed by atoms with van der Waals surface area (Å²) in [5.41, 5.74) is 6.28. The largest absolute Gasteiger partial charge is 0.310 e. The van der Waals surface area contributed by atoms with Crippen LogP contribution in [0.5, 0.6) is 0 Å².